The second-order valence-corrected chi connectivity index (χ2v) is 15.8. The normalized spacial score (nSPS) is 15.4. The first-order valence-corrected chi connectivity index (χ1v) is 20.6. The molecule has 0 spiro atoms. The standard InChI is InChI=1S/C56H36N3O/c1-2-15-36(16-3-1)57-31-32-60-55-35-47-40-19-5-4-17-38(40)39-18-6-7-23-44(39)56-45(46(47)34-54(55)57)24-14-28-53(56)59-51-27-13-10-22-43(51)48-33-37(29-30-52(48)59)58-49-25-11-8-20-41(49)42-21-9-12-26-50(42)58/h1-35,55H/q+1. The van der Waals surface area contributed by atoms with Crippen LogP contribution < -0.4 is 0 Å². The van der Waals surface area contributed by atoms with Gasteiger partial charge < -0.3 is 13.9 Å². The van der Waals surface area contributed by atoms with Gasteiger partial charge in [-0.1, -0.05) is 133 Å². The highest BCUT2D eigenvalue weighted by atomic mass is 16.5. The maximum Gasteiger partial charge on any atom is 0.233 e. The van der Waals surface area contributed by atoms with Crippen molar-refractivity contribution < 1.29 is 9.31 Å². The van der Waals surface area contributed by atoms with Gasteiger partial charge >= 0.3 is 0 Å². The van der Waals surface area contributed by atoms with Crippen molar-refractivity contribution in [1.29, 1.82) is 0 Å². The number of benzene rings is 8. The average molecular weight is 767 g/mol. The van der Waals surface area contributed by atoms with Gasteiger partial charge in [-0.25, -0.2) is 0 Å². The van der Waals surface area contributed by atoms with E-state index in [-0.39, 0.29) is 6.10 Å². The monoisotopic (exact) mass is 766 g/mol. The van der Waals surface area contributed by atoms with Crippen molar-refractivity contribution in [2.75, 3.05) is 0 Å². The topological polar surface area (TPSA) is 22.1 Å². The molecular formula is C56H36N3O+. The van der Waals surface area contributed by atoms with Crippen molar-refractivity contribution in [2.24, 2.45) is 0 Å². The summed E-state index contributed by atoms with van der Waals surface area (Å²) >= 11 is 0. The smallest absolute Gasteiger partial charge is 0.233 e. The van der Waals surface area contributed by atoms with E-state index in [1.807, 2.05) is 12.5 Å². The highest BCUT2D eigenvalue weighted by Crippen LogP contribution is 2.51. The summed E-state index contributed by atoms with van der Waals surface area (Å²) in [6, 6.07) is 68.6. The lowest BCUT2D eigenvalue weighted by Gasteiger charge is -2.30. The van der Waals surface area contributed by atoms with Crippen molar-refractivity contribution in [3.05, 3.63) is 224 Å². The molecule has 1 atom stereocenters. The van der Waals surface area contributed by atoms with Gasteiger partial charge in [-0.3, -0.25) is 0 Å². The van der Waals surface area contributed by atoms with Gasteiger partial charge in [0.15, 0.2) is 0 Å². The molecule has 0 saturated heterocycles. The van der Waals surface area contributed by atoms with Crippen LogP contribution in [0, 0.1) is 0 Å². The number of allylic oxidation sites excluding steroid dienone is 2. The minimum atomic E-state index is -0.246. The molecule has 0 N–H and O–H groups in total. The van der Waals surface area contributed by atoms with Crippen molar-refractivity contribution in [3.8, 4) is 33.6 Å². The fourth-order valence-corrected chi connectivity index (χ4v) is 10.2. The summed E-state index contributed by atoms with van der Waals surface area (Å²) in [6.07, 6.45) is 8.30. The van der Waals surface area contributed by atoms with Crippen molar-refractivity contribution in [2.45, 2.75) is 6.10 Å². The zero-order valence-corrected chi connectivity index (χ0v) is 32.5. The molecule has 0 bridgehead atoms. The molecular weight excluding hydrogens is 731 g/mol. The first kappa shape index (κ1) is 33.1. The Hall–Kier alpha value is -7.95. The third-order valence-electron chi connectivity index (χ3n) is 12.7. The molecule has 10 aromatic rings. The largest absolute Gasteiger partial charge is 0.477 e. The van der Waals surface area contributed by atoms with Gasteiger partial charge in [0.2, 0.25) is 23.7 Å². The predicted molar refractivity (Wildman–Crippen MR) is 247 cm³/mol. The Labute approximate surface area is 346 Å². The molecule has 280 valence electrons. The molecule has 1 unspecified atom stereocenters. The molecule has 4 heteroatoms. The van der Waals surface area contributed by atoms with Crippen molar-refractivity contribution >= 4 is 66.2 Å². The van der Waals surface area contributed by atoms with Gasteiger partial charge in [0.05, 0.1) is 27.8 Å². The summed E-state index contributed by atoms with van der Waals surface area (Å²) < 4.78 is 13.6. The number of fused-ring (bicyclic) bond motifs is 15. The molecule has 1 aliphatic heterocycles. The number of hydrogen-bond donors (Lipinski definition) is 0. The number of nitrogens with zero attached hydrogens (tertiary/aromatic N) is 3. The summed E-state index contributed by atoms with van der Waals surface area (Å²) in [5.41, 5.74) is 18.8. The second kappa shape index (κ2) is 12.8. The molecule has 4 nitrogen and oxygen atoms in total. The van der Waals surface area contributed by atoms with Gasteiger partial charge in [-0.2, -0.15) is 4.58 Å². The van der Waals surface area contributed by atoms with Gasteiger partial charge in [-0.05, 0) is 87.5 Å². The van der Waals surface area contributed by atoms with E-state index in [1.165, 1.54) is 82.6 Å². The van der Waals surface area contributed by atoms with Crippen LogP contribution in [-0.2, 0) is 4.74 Å². The number of para-hydroxylation sites is 4. The molecule has 3 heterocycles. The Morgan fingerprint density at radius 1 is 0.433 bits per heavy atom. The number of aromatic nitrogens is 2. The lowest BCUT2D eigenvalue weighted by atomic mass is 9.76. The van der Waals surface area contributed by atoms with Crippen molar-refractivity contribution in [1.82, 2.24) is 9.13 Å². The van der Waals surface area contributed by atoms with Crippen LogP contribution in [0.4, 0.5) is 5.69 Å². The fraction of sp³-hybridized carbons (Fsp3) is 0.0179. The van der Waals surface area contributed by atoms with Gasteiger partial charge in [-0.15, -0.1) is 0 Å². The van der Waals surface area contributed by atoms with Crippen LogP contribution in [0.5, 0.6) is 0 Å². The van der Waals surface area contributed by atoms with E-state index in [9.17, 15) is 0 Å². The number of ether oxygens (including phenoxy) is 1. The summed E-state index contributed by atoms with van der Waals surface area (Å²) in [4.78, 5) is 0. The van der Waals surface area contributed by atoms with E-state index in [4.69, 9.17) is 4.74 Å². The van der Waals surface area contributed by atoms with Crippen LogP contribution in [0.25, 0.3) is 88.4 Å². The molecule has 8 aromatic carbocycles. The zero-order valence-electron chi connectivity index (χ0n) is 32.5. The third-order valence-corrected chi connectivity index (χ3v) is 12.7. The molecule has 3 aliphatic rings. The van der Waals surface area contributed by atoms with Crippen molar-refractivity contribution in [3.63, 3.8) is 0 Å². The first-order chi connectivity index (χ1) is 29.8. The minimum absolute atomic E-state index is 0.246. The van der Waals surface area contributed by atoms with E-state index in [2.05, 4.69) is 214 Å². The first-order valence-electron chi connectivity index (χ1n) is 20.6. The number of rotatable bonds is 3. The van der Waals surface area contributed by atoms with Crippen LogP contribution >= 0.6 is 0 Å². The van der Waals surface area contributed by atoms with E-state index < -0.39 is 0 Å². The van der Waals surface area contributed by atoms with E-state index in [0.29, 0.717) is 0 Å². The summed E-state index contributed by atoms with van der Waals surface area (Å²) in [5.74, 6) is 0. The highest BCUT2D eigenvalue weighted by molar-refractivity contribution is 6.23. The molecule has 2 aliphatic carbocycles. The highest BCUT2D eigenvalue weighted by Gasteiger charge is 2.36. The Bertz CT molecular complexity index is 3520. The van der Waals surface area contributed by atoms with E-state index in [0.717, 1.165) is 28.3 Å². The molecule has 60 heavy (non-hydrogen) atoms. The molecule has 0 radical (unpaired) electrons. The maximum absolute atomic E-state index is 6.40. The Balaban J connectivity index is 1.11. The van der Waals surface area contributed by atoms with E-state index >= 15 is 0 Å². The molecule has 0 fully saturated rings. The second-order valence-electron chi connectivity index (χ2n) is 15.8. The lowest BCUT2D eigenvalue weighted by Crippen LogP contribution is -2.31. The lowest BCUT2D eigenvalue weighted by molar-refractivity contribution is -0.370. The molecule has 2 aromatic heterocycles. The third kappa shape index (κ3) is 4.70. The molecule has 0 amide bonds. The van der Waals surface area contributed by atoms with Gasteiger partial charge in [0, 0.05) is 51.0 Å². The zero-order chi connectivity index (χ0) is 39.3. The predicted octanol–water partition coefficient (Wildman–Crippen LogP) is 13.7. The van der Waals surface area contributed by atoms with Gasteiger partial charge in [0.25, 0.3) is 0 Å². The summed E-state index contributed by atoms with van der Waals surface area (Å²) in [6.45, 7) is 0. The maximum atomic E-state index is 6.40. The van der Waals surface area contributed by atoms with Crippen LogP contribution in [0.3, 0.4) is 0 Å². The SMILES string of the molecule is C1=C[N+](c2ccccc2)=C2C=C3C(=CC2O1)c1ccccc1-c1ccccc1-c1c3cccc1-n1c2ccccc2c2cc(-n3c4ccccc4c4ccccc43)ccc21. The summed E-state index contributed by atoms with van der Waals surface area (Å²) in [7, 11) is 0. The Morgan fingerprint density at radius 2 is 1.00 bits per heavy atom. The van der Waals surface area contributed by atoms with Crippen LogP contribution in [0.2, 0.25) is 0 Å². The Morgan fingerprint density at radius 3 is 1.73 bits per heavy atom. The van der Waals surface area contributed by atoms with Crippen LogP contribution in [0.1, 0.15) is 11.1 Å². The van der Waals surface area contributed by atoms with Crippen LogP contribution in [0.15, 0.2) is 213 Å². The minimum Gasteiger partial charge on any atom is -0.477 e. The fourth-order valence-electron chi connectivity index (χ4n) is 10.2. The summed E-state index contributed by atoms with van der Waals surface area (Å²) in [5, 5.41) is 4.96. The van der Waals surface area contributed by atoms with E-state index in [1.54, 1.807) is 0 Å². The molecule has 13 rings (SSSR count). The van der Waals surface area contributed by atoms with Gasteiger partial charge in [0.1, 0.15) is 6.26 Å². The average Bonchev–Trinajstić information content (AvgIpc) is 3.83. The number of hydrogen-bond acceptors (Lipinski definition) is 1. The molecule has 0 saturated carbocycles. The van der Waals surface area contributed by atoms with Crippen LogP contribution in [-0.4, -0.2) is 25.5 Å². The quantitative estimate of drug-likeness (QED) is 0.164. The Kier molecular flexibility index (Phi) is 7.04.